The Morgan fingerprint density at radius 2 is 1.42 bits per heavy atom. The van der Waals surface area contributed by atoms with E-state index < -0.39 is 5.97 Å². The molecule has 1 heterocycles. The second-order valence-electron chi connectivity index (χ2n) is 3.72. The Morgan fingerprint density at radius 1 is 0.895 bits per heavy atom. The number of carboxylic acids is 1. The summed E-state index contributed by atoms with van der Waals surface area (Å²) in [6, 6.07) is 0. The average molecular weight is 295 g/mol. The van der Waals surface area contributed by atoms with Crippen LogP contribution in [0, 0.1) is 63.7 Å². The van der Waals surface area contributed by atoms with Gasteiger partial charge in [0.1, 0.15) is 0 Å². The molecule has 0 bridgehead atoms. The Labute approximate surface area is 125 Å². The number of nitrogens with one attached hydrogen (secondary N) is 1. The van der Waals surface area contributed by atoms with Crippen molar-refractivity contribution in [3.8, 4) is 0 Å². The van der Waals surface area contributed by atoms with E-state index in [1.165, 1.54) is 6.20 Å². The van der Waals surface area contributed by atoms with Gasteiger partial charge < -0.3 is 10.1 Å². The molecule has 98 valence electrons. The minimum atomic E-state index is -0.905. The molecule has 3 rings (SSSR count). The molecule has 10 radical (unpaired) electrons. The van der Waals surface area contributed by atoms with Crippen LogP contribution in [0.1, 0.15) is 15.9 Å². The van der Waals surface area contributed by atoms with Crippen molar-refractivity contribution in [2.45, 2.75) is 0 Å². The summed E-state index contributed by atoms with van der Waals surface area (Å²) < 4.78 is 0. The van der Waals surface area contributed by atoms with E-state index in [0.29, 0.717) is 5.56 Å². The summed E-state index contributed by atoms with van der Waals surface area (Å²) in [7, 11) is 0. The van der Waals surface area contributed by atoms with E-state index in [1.807, 2.05) is 57.8 Å². The van der Waals surface area contributed by atoms with E-state index in [2.05, 4.69) is 4.98 Å². The van der Waals surface area contributed by atoms with E-state index in [9.17, 15) is 4.79 Å². The van der Waals surface area contributed by atoms with Crippen molar-refractivity contribution in [1.82, 2.24) is 4.98 Å². The first kappa shape index (κ1) is 16.3. The van der Waals surface area contributed by atoms with Crippen LogP contribution in [0.2, 0.25) is 0 Å². The largest absolute Gasteiger partial charge is 0.478 e. The van der Waals surface area contributed by atoms with E-state index >= 15 is 0 Å². The van der Waals surface area contributed by atoms with E-state index in [0.717, 1.165) is 11.5 Å². The minimum Gasteiger partial charge on any atom is -0.478 e. The fourth-order valence-electron chi connectivity index (χ4n) is 1.65. The molecule has 0 aliphatic heterocycles. The van der Waals surface area contributed by atoms with Crippen LogP contribution in [0.3, 0.4) is 0 Å². The first-order chi connectivity index (χ1) is 8.79. The topological polar surface area (TPSA) is 53.1 Å². The molecule has 0 spiro atoms. The number of H-pyrrole nitrogens is 1. The van der Waals surface area contributed by atoms with E-state index in [-0.39, 0.29) is 17.1 Å². The summed E-state index contributed by atoms with van der Waals surface area (Å²) in [5, 5.41) is 8.83. The normalized spacial score (nSPS) is 18.5. The molecule has 4 heteroatoms. The Balaban J connectivity index is 0.000000256. The zero-order valence-electron chi connectivity index (χ0n) is 10.1. The molecular weight excluding hydrogens is 282 g/mol. The van der Waals surface area contributed by atoms with Crippen LogP contribution in [0.5, 0.6) is 0 Å². The molecular formula is C15H13FeNO2. The molecule has 2 aliphatic rings. The van der Waals surface area contributed by atoms with Crippen molar-refractivity contribution < 1.29 is 27.0 Å². The molecule has 0 saturated heterocycles. The number of carboxylic acid groups (broad SMARTS) is 1. The van der Waals surface area contributed by atoms with E-state index in [4.69, 9.17) is 5.11 Å². The molecule has 0 unspecified atom stereocenters. The number of aromatic nitrogens is 1. The van der Waals surface area contributed by atoms with Gasteiger partial charge >= 0.3 is 5.97 Å². The fourth-order valence-corrected chi connectivity index (χ4v) is 1.65. The molecule has 0 amide bonds. The first-order valence-corrected chi connectivity index (χ1v) is 5.58. The molecule has 2 fully saturated rings. The Morgan fingerprint density at radius 3 is 1.89 bits per heavy atom. The predicted molar refractivity (Wildman–Crippen MR) is 68.8 cm³/mol. The molecule has 2 N–H and O–H groups in total. The molecule has 3 nitrogen and oxygen atoms in total. The summed E-state index contributed by atoms with van der Waals surface area (Å²) in [5.74, 6) is 0.0242. The minimum absolute atomic E-state index is 0. The smallest absolute Gasteiger partial charge is 0.337 e. The van der Waals surface area contributed by atoms with Crippen LogP contribution < -0.4 is 0 Å². The van der Waals surface area contributed by atoms with Crippen molar-refractivity contribution in [2.75, 3.05) is 0 Å². The SMILES string of the molecule is O=C(O)c1c[nH]cc1[C]1[CH][CH][CH][CH]1.[CH]1[CH][CH][CH][CH]1.[Fe]. The summed E-state index contributed by atoms with van der Waals surface area (Å²) in [4.78, 5) is 13.5. The third-order valence-electron chi connectivity index (χ3n) is 2.51. The number of aromatic carboxylic acids is 1. The van der Waals surface area contributed by atoms with Crippen LogP contribution >= 0.6 is 0 Å². The van der Waals surface area contributed by atoms with Gasteiger partial charge in [-0.3, -0.25) is 0 Å². The van der Waals surface area contributed by atoms with Gasteiger partial charge in [0.2, 0.25) is 0 Å². The predicted octanol–water partition coefficient (Wildman–Crippen LogP) is 2.49. The van der Waals surface area contributed by atoms with Gasteiger partial charge in [0.05, 0.1) is 5.56 Å². The number of hydrogen-bond donors (Lipinski definition) is 2. The van der Waals surface area contributed by atoms with Gasteiger partial charge in [-0.2, -0.15) is 0 Å². The molecule has 0 atom stereocenters. The summed E-state index contributed by atoms with van der Waals surface area (Å²) in [5.41, 5.74) is 1.05. The second-order valence-corrected chi connectivity index (χ2v) is 3.72. The molecule has 1 aromatic rings. The van der Waals surface area contributed by atoms with Gasteiger partial charge in [-0.15, -0.1) is 0 Å². The quantitative estimate of drug-likeness (QED) is 0.824. The Bertz CT molecular complexity index is 372. The van der Waals surface area contributed by atoms with Crippen LogP contribution in [0.15, 0.2) is 12.4 Å². The summed E-state index contributed by atoms with van der Waals surface area (Å²) in [6.45, 7) is 0. The van der Waals surface area contributed by atoms with Crippen molar-refractivity contribution >= 4 is 5.97 Å². The maximum absolute atomic E-state index is 10.8. The molecule has 2 saturated carbocycles. The van der Waals surface area contributed by atoms with Crippen molar-refractivity contribution in [2.24, 2.45) is 0 Å². The zero-order chi connectivity index (χ0) is 12.8. The molecule has 0 aromatic carbocycles. The molecule has 19 heavy (non-hydrogen) atoms. The van der Waals surface area contributed by atoms with Gasteiger partial charge in [0.15, 0.2) is 0 Å². The standard InChI is InChI=1S/C10H8NO2.C5H5.Fe/c12-10(13)9-6-11-5-8(9)7-3-1-2-4-7;1-2-4-5-3-1;/h1-6,11H,(H,12,13);1-5H;. The number of carbonyl (C=O) groups is 1. The Hall–Kier alpha value is -0.731. The molecule has 1 aromatic heterocycles. The summed E-state index contributed by atoms with van der Waals surface area (Å²) >= 11 is 0. The van der Waals surface area contributed by atoms with Crippen molar-refractivity contribution in [3.05, 3.63) is 87.2 Å². The number of aromatic amines is 1. The third-order valence-corrected chi connectivity index (χ3v) is 2.51. The monoisotopic (exact) mass is 295 g/mol. The van der Waals surface area contributed by atoms with Crippen molar-refractivity contribution in [1.29, 1.82) is 0 Å². The van der Waals surface area contributed by atoms with E-state index in [1.54, 1.807) is 6.20 Å². The summed E-state index contributed by atoms with van der Waals surface area (Å²) in [6.07, 6.45) is 20.7. The van der Waals surface area contributed by atoms with Crippen LogP contribution in [-0.2, 0) is 17.1 Å². The van der Waals surface area contributed by atoms with Crippen LogP contribution in [0.25, 0.3) is 0 Å². The second kappa shape index (κ2) is 8.44. The van der Waals surface area contributed by atoms with Crippen LogP contribution in [-0.4, -0.2) is 16.1 Å². The van der Waals surface area contributed by atoms with Crippen LogP contribution in [0.4, 0.5) is 0 Å². The van der Waals surface area contributed by atoms with Gasteiger partial charge in [0.25, 0.3) is 0 Å². The van der Waals surface area contributed by atoms with Gasteiger partial charge in [-0.05, 0) is 63.4 Å². The zero-order valence-corrected chi connectivity index (χ0v) is 11.2. The number of hydrogen-bond acceptors (Lipinski definition) is 1. The maximum Gasteiger partial charge on any atom is 0.337 e. The van der Waals surface area contributed by atoms with Crippen molar-refractivity contribution in [3.63, 3.8) is 0 Å². The van der Waals surface area contributed by atoms with Gasteiger partial charge in [-0.1, -0.05) is 0 Å². The van der Waals surface area contributed by atoms with Gasteiger partial charge in [0, 0.05) is 35.4 Å². The Kier molecular flexibility index (Phi) is 7.25. The number of rotatable bonds is 2. The first-order valence-electron chi connectivity index (χ1n) is 5.58. The fraction of sp³-hybridized carbons (Fsp3) is 0. The van der Waals surface area contributed by atoms with Gasteiger partial charge in [-0.25, -0.2) is 4.79 Å². The average Bonchev–Trinajstić information content (AvgIpc) is 3.14. The third kappa shape index (κ3) is 4.70. The molecule has 2 aliphatic carbocycles. The maximum atomic E-state index is 10.8.